The van der Waals surface area contributed by atoms with Crippen LogP contribution in [0.5, 0.6) is 0 Å². The number of carbonyl (C=O) groups is 1. The second-order valence-corrected chi connectivity index (χ2v) is 2.41. The Hall–Kier alpha value is -1.03. The summed E-state index contributed by atoms with van der Waals surface area (Å²) in [6.45, 7) is 0. The molecule has 11 heavy (non-hydrogen) atoms. The van der Waals surface area contributed by atoms with Gasteiger partial charge in [-0.25, -0.2) is 9.78 Å². The van der Waals surface area contributed by atoms with Gasteiger partial charge in [0.15, 0.2) is 0 Å². The predicted molar refractivity (Wildman–Crippen MR) is 42.8 cm³/mol. The van der Waals surface area contributed by atoms with E-state index in [2.05, 4.69) is 22.3 Å². The zero-order valence-electron chi connectivity index (χ0n) is 5.94. The van der Waals surface area contributed by atoms with Crippen molar-refractivity contribution in [1.29, 1.82) is 0 Å². The van der Waals surface area contributed by atoms with Gasteiger partial charge >= 0.3 is 5.97 Å². The number of thiol groups is 1. The van der Waals surface area contributed by atoms with Crippen LogP contribution in [0.15, 0.2) is 23.2 Å². The first kappa shape index (κ1) is 8.07. The molecular formula is C7H7NO2S. The molecule has 0 bridgehead atoms. The van der Waals surface area contributed by atoms with Crippen LogP contribution < -0.4 is 0 Å². The van der Waals surface area contributed by atoms with Gasteiger partial charge in [0.05, 0.1) is 7.11 Å². The largest absolute Gasteiger partial charge is 0.464 e. The minimum atomic E-state index is -0.432. The van der Waals surface area contributed by atoms with Crippen LogP contribution in [-0.2, 0) is 4.74 Å². The number of ether oxygens (including phenoxy) is 1. The van der Waals surface area contributed by atoms with Gasteiger partial charge in [-0.3, -0.25) is 0 Å². The minimum absolute atomic E-state index is 0.297. The fourth-order valence-corrected chi connectivity index (χ4v) is 0.744. The maximum Gasteiger partial charge on any atom is 0.356 e. The SMILES string of the molecule is COC(=O)c1ccc(S)cn1. The van der Waals surface area contributed by atoms with Crippen molar-refractivity contribution in [3.8, 4) is 0 Å². The molecule has 0 unspecified atom stereocenters. The average Bonchev–Trinajstić information content (AvgIpc) is 2.05. The van der Waals surface area contributed by atoms with Crippen LogP contribution in [0.25, 0.3) is 0 Å². The number of aromatic nitrogens is 1. The third kappa shape index (κ3) is 1.94. The van der Waals surface area contributed by atoms with E-state index < -0.39 is 5.97 Å². The average molecular weight is 169 g/mol. The van der Waals surface area contributed by atoms with Gasteiger partial charge in [0.1, 0.15) is 5.69 Å². The topological polar surface area (TPSA) is 39.2 Å². The van der Waals surface area contributed by atoms with Crippen molar-refractivity contribution in [2.24, 2.45) is 0 Å². The van der Waals surface area contributed by atoms with Gasteiger partial charge in [-0.1, -0.05) is 0 Å². The molecule has 0 N–H and O–H groups in total. The molecule has 1 aromatic rings. The molecule has 58 valence electrons. The summed E-state index contributed by atoms with van der Waals surface area (Å²) in [7, 11) is 1.32. The van der Waals surface area contributed by atoms with E-state index in [1.807, 2.05) is 0 Å². The van der Waals surface area contributed by atoms with Crippen LogP contribution in [0.1, 0.15) is 10.5 Å². The number of hydrogen-bond acceptors (Lipinski definition) is 4. The summed E-state index contributed by atoms with van der Waals surface area (Å²) in [6.07, 6.45) is 1.50. The fraction of sp³-hybridized carbons (Fsp3) is 0.143. The smallest absolute Gasteiger partial charge is 0.356 e. The predicted octanol–water partition coefficient (Wildman–Crippen LogP) is 1.16. The third-order valence-electron chi connectivity index (χ3n) is 1.14. The third-order valence-corrected chi connectivity index (χ3v) is 1.41. The highest BCUT2D eigenvalue weighted by Gasteiger charge is 2.04. The van der Waals surface area contributed by atoms with E-state index in [4.69, 9.17) is 0 Å². The number of carbonyl (C=O) groups excluding carboxylic acids is 1. The lowest BCUT2D eigenvalue weighted by Crippen LogP contribution is -2.02. The van der Waals surface area contributed by atoms with Crippen molar-refractivity contribution >= 4 is 18.6 Å². The van der Waals surface area contributed by atoms with Crippen molar-refractivity contribution in [3.05, 3.63) is 24.0 Å². The monoisotopic (exact) mass is 169 g/mol. The number of methoxy groups -OCH3 is 1. The summed E-state index contributed by atoms with van der Waals surface area (Å²) in [5, 5.41) is 0. The summed E-state index contributed by atoms with van der Waals surface area (Å²) < 4.78 is 4.45. The summed E-state index contributed by atoms with van der Waals surface area (Å²) in [4.78, 5) is 15.3. The molecule has 0 aliphatic carbocycles. The van der Waals surface area contributed by atoms with Gasteiger partial charge < -0.3 is 4.74 Å². The lowest BCUT2D eigenvalue weighted by molar-refractivity contribution is 0.0594. The van der Waals surface area contributed by atoms with Crippen LogP contribution >= 0.6 is 12.6 Å². The van der Waals surface area contributed by atoms with Gasteiger partial charge in [-0.15, -0.1) is 12.6 Å². The number of esters is 1. The maximum atomic E-state index is 10.8. The second-order valence-electron chi connectivity index (χ2n) is 1.89. The summed E-state index contributed by atoms with van der Waals surface area (Å²) in [5.41, 5.74) is 0.297. The Morgan fingerprint density at radius 3 is 2.82 bits per heavy atom. The molecule has 0 spiro atoms. The normalized spacial score (nSPS) is 9.27. The molecular weight excluding hydrogens is 162 g/mol. The van der Waals surface area contributed by atoms with E-state index in [0.29, 0.717) is 5.69 Å². The molecule has 0 saturated carbocycles. The van der Waals surface area contributed by atoms with Gasteiger partial charge in [-0.2, -0.15) is 0 Å². The van der Waals surface area contributed by atoms with E-state index >= 15 is 0 Å². The van der Waals surface area contributed by atoms with E-state index in [1.165, 1.54) is 13.3 Å². The number of nitrogens with zero attached hydrogens (tertiary/aromatic N) is 1. The van der Waals surface area contributed by atoms with Crippen molar-refractivity contribution in [2.45, 2.75) is 4.90 Å². The van der Waals surface area contributed by atoms with Crippen LogP contribution in [-0.4, -0.2) is 18.1 Å². The Bertz CT molecular complexity index is 258. The van der Waals surface area contributed by atoms with Crippen LogP contribution in [0, 0.1) is 0 Å². The lowest BCUT2D eigenvalue weighted by Gasteiger charge is -1.96. The summed E-state index contributed by atoms with van der Waals surface area (Å²) in [6, 6.07) is 3.25. The zero-order chi connectivity index (χ0) is 8.27. The lowest BCUT2D eigenvalue weighted by atomic mass is 10.3. The Morgan fingerprint density at radius 2 is 2.36 bits per heavy atom. The van der Waals surface area contributed by atoms with Crippen molar-refractivity contribution in [3.63, 3.8) is 0 Å². The number of hydrogen-bond donors (Lipinski definition) is 1. The molecule has 0 fully saturated rings. The van der Waals surface area contributed by atoms with Crippen LogP contribution in [0.2, 0.25) is 0 Å². The quantitative estimate of drug-likeness (QED) is 0.506. The molecule has 1 aromatic heterocycles. The molecule has 0 aliphatic rings. The molecule has 1 heterocycles. The Balaban J connectivity index is 2.90. The van der Waals surface area contributed by atoms with Gasteiger partial charge in [0.25, 0.3) is 0 Å². The molecule has 0 saturated heterocycles. The van der Waals surface area contributed by atoms with E-state index in [9.17, 15) is 4.79 Å². The van der Waals surface area contributed by atoms with Gasteiger partial charge in [-0.05, 0) is 12.1 Å². The van der Waals surface area contributed by atoms with Crippen molar-refractivity contribution in [2.75, 3.05) is 7.11 Å². The van der Waals surface area contributed by atoms with Crippen LogP contribution in [0.3, 0.4) is 0 Å². The highest BCUT2D eigenvalue weighted by atomic mass is 32.1. The molecule has 0 amide bonds. The molecule has 0 radical (unpaired) electrons. The molecule has 0 aliphatic heterocycles. The first-order chi connectivity index (χ1) is 5.24. The van der Waals surface area contributed by atoms with Crippen molar-refractivity contribution in [1.82, 2.24) is 4.98 Å². The maximum absolute atomic E-state index is 10.8. The summed E-state index contributed by atoms with van der Waals surface area (Å²) in [5.74, 6) is -0.432. The standard InChI is InChI=1S/C7H7NO2S/c1-10-7(9)6-3-2-5(11)4-8-6/h2-4,11H,1H3. The Kier molecular flexibility index (Phi) is 2.48. The van der Waals surface area contributed by atoms with E-state index in [1.54, 1.807) is 12.1 Å². The molecule has 4 heteroatoms. The molecule has 3 nitrogen and oxygen atoms in total. The van der Waals surface area contributed by atoms with Crippen molar-refractivity contribution < 1.29 is 9.53 Å². The van der Waals surface area contributed by atoms with Crippen LogP contribution in [0.4, 0.5) is 0 Å². The van der Waals surface area contributed by atoms with E-state index in [-0.39, 0.29) is 0 Å². The first-order valence-corrected chi connectivity index (χ1v) is 3.42. The Morgan fingerprint density at radius 1 is 1.64 bits per heavy atom. The Labute approximate surface area is 69.8 Å². The van der Waals surface area contributed by atoms with Gasteiger partial charge in [0, 0.05) is 11.1 Å². The fourth-order valence-electron chi connectivity index (χ4n) is 0.611. The molecule has 0 atom stereocenters. The molecule has 0 aromatic carbocycles. The summed E-state index contributed by atoms with van der Waals surface area (Å²) >= 11 is 4.01. The highest BCUT2D eigenvalue weighted by Crippen LogP contribution is 2.04. The second kappa shape index (κ2) is 3.39. The first-order valence-electron chi connectivity index (χ1n) is 2.97. The van der Waals surface area contributed by atoms with E-state index in [0.717, 1.165) is 4.90 Å². The minimum Gasteiger partial charge on any atom is -0.464 e. The number of pyridine rings is 1. The highest BCUT2D eigenvalue weighted by molar-refractivity contribution is 7.80. The number of rotatable bonds is 1. The molecule has 1 rings (SSSR count). The van der Waals surface area contributed by atoms with Gasteiger partial charge in [0.2, 0.25) is 0 Å². The zero-order valence-corrected chi connectivity index (χ0v) is 6.84.